The van der Waals surface area contributed by atoms with E-state index in [1.807, 2.05) is 6.07 Å². The molecule has 0 amide bonds. The van der Waals surface area contributed by atoms with Crippen LogP contribution in [0.1, 0.15) is 23.1 Å². The average Bonchev–Trinajstić information content (AvgIpc) is 2.76. The lowest BCUT2D eigenvalue weighted by Gasteiger charge is -2.26. The predicted molar refractivity (Wildman–Crippen MR) is 59.6 cm³/mol. The second kappa shape index (κ2) is 5.23. The molecule has 1 aliphatic rings. The molecule has 1 aliphatic heterocycles. The number of morpholine rings is 1. The summed E-state index contributed by atoms with van der Waals surface area (Å²) in [5.41, 5.74) is 1.55. The van der Waals surface area contributed by atoms with Crippen LogP contribution in [0.4, 0.5) is 0 Å². The van der Waals surface area contributed by atoms with Gasteiger partial charge in [0.15, 0.2) is 5.78 Å². The number of nitrogens with one attached hydrogen (secondary N) is 1. The van der Waals surface area contributed by atoms with Crippen LogP contribution in [0.2, 0.25) is 0 Å². The molecule has 0 spiro atoms. The molecule has 5 heteroatoms. The SMILES string of the molecule is CC(=O)c1cc(CCN2CCOCC2)[nH]n1. The fraction of sp³-hybridized carbons (Fsp3) is 0.636. The first-order valence-corrected chi connectivity index (χ1v) is 5.61. The zero-order valence-electron chi connectivity index (χ0n) is 9.53. The molecule has 0 bridgehead atoms. The molecule has 5 nitrogen and oxygen atoms in total. The van der Waals surface area contributed by atoms with Crippen molar-refractivity contribution in [2.75, 3.05) is 32.8 Å². The number of carbonyl (C=O) groups excluding carboxylic acids is 1. The topological polar surface area (TPSA) is 58.2 Å². The van der Waals surface area contributed by atoms with E-state index in [9.17, 15) is 4.79 Å². The summed E-state index contributed by atoms with van der Waals surface area (Å²) >= 11 is 0. The summed E-state index contributed by atoms with van der Waals surface area (Å²) in [4.78, 5) is 13.4. The molecule has 1 fully saturated rings. The highest BCUT2D eigenvalue weighted by Gasteiger charge is 2.11. The van der Waals surface area contributed by atoms with E-state index in [1.54, 1.807) is 0 Å². The van der Waals surface area contributed by atoms with Crippen LogP contribution in [0.5, 0.6) is 0 Å². The monoisotopic (exact) mass is 223 g/mol. The molecule has 1 aromatic heterocycles. The van der Waals surface area contributed by atoms with Crippen molar-refractivity contribution in [3.63, 3.8) is 0 Å². The van der Waals surface area contributed by atoms with Crippen LogP contribution in [0.15, 0.2) is 6.07 Å². The van der Waals surface area contributed by atoms with Crippen LogP contribution >= 0.6 is 0 Å². The quantitative estimate of drug-likeness (QED) is 0.755. The minimum Gasteiger partial charge on any atom is -0.379 e. The van der Waals surface area contributed by atoms with Gasteiger partial charge in [-0.2, -0.15) is 5.10 Å². The molecule has 1 aromatic rings. The van der Waals surface area contributed by atoms with E-state index in [0.717, 1.165) is 45.0 Å². The molecule has 0 saturated carbocycles. The number of hydrogen-bond acceptors (Lipinski definition) is 4. The van der Waals surface area contributed by atoms with E-state index in [2.05, 4.69) is 15.1 Å². The van der Waals surface area contributed by atoms with Crippen LogP contribution in [-0.4, -0.2) is 53.7 Å². The first kappa shape index (κ1) is 11.3. The molecule has 1 N–H and O–H groups in total. The van der Waals surface area contributed by atoms with Gasteiger partial charge in [-0.05, 0) is 6.07 Å². The van der Waals surface area contributed by atoms with Gasteiger partial charge in [0.2, 0.25) is 0 Å². The molecule has 0 atom stereocenters. The van der Waals surface area contributed by atoms with E-state index in [1.165, 1.54) is 6.92 Å². The van der Waals surface area contributed by atoms with E-state index < -0.39 is 0 Å². The van der Waals surface area contributed by atoms with Crippen molar-refractivity contribution in [1.29, 1.82) is 0 Å². The Morgan fingerprint density at radius 2 is 2.31 bits per heavy atom. The van der Waals surface area contributed by atoms with E-state index in [4.69, 9.17) is 4.74 Å². The Morgan fingerprint density at radius 1 is 1.56 bits per heavy atom. The standard InChI is InChI=1S/C11H17N3O2/c1-9(15)11-8-10(12-13-11)2-3-14-4-6-16-7-5-14/h8H,2-7H2,1H3,(H,12,13). The zero-order chi connectivity index (χ0) is 11.4. The third kappa shape index (κ3) is 2.90. The van der Waals surface area contributed by atoms with E-state index in [-0.39, 0.29) is 5.78 Å². The van der Waals surface area contributed by atoms with Gasteiger partial charge in [0.1, 0.15) is 5.69 Å². The van der Waals surface area contributed by atoms with Gasteiger partial charge in [0, 0.05) is 38.7 Å². The van der Waals surface area contributed by atoms with Crippen LogP contribution in [0.25, 0.3) is 0 Å². The Kier molecular flexibility index (Phi) is 3.69. The van der Waals surface area contributed by atoms with E-state index in [0.29, 0.717) is 5.69 Å². The lowest BCUT2D eigenvalue weighted by Crippen LogP contribution is -2.37. The molecular formula is C11H17N3O2. The Hall–Kier alpha value is -1.20. The van der Waals surface area contributed by atoms with Crippen molar-refractivity contribution < 1.29 is 9.53 Å². The van der Waals surface area contributed by atoms with Crippen LogP contribution in [0.3, 0.4) is 0 Å². The van der Waals surface area contributed by atoms with Crippen LogP contribution in [0, 0.1) is 0 Å². The van der Waals surface area contributed by atoms with Crippen molar-refractivity contribution in [2.24, 2.45) is 0 Å². The maximum atomic E-state index is 11.1. The average molecular weight is 223 g/mol. The molecule has 88 valence electrons. The normalized spacial score (nSPS) is 17.6. The molecule has 0 aromatic carbocycles. The highest BCUT2D eigenvalue weighted by molar-refractivity contribution is 5.92. The summed E-state index contributed by atoms with van der Waals surface area (Å²) in [6.07, 6.45) is 0.903. The van der Waals surface area contributed by atoms with Gasteiger partial charge in [-0.1, -0.05) is 0 Å². The van der Waals surface area contributed by atoms with Crippen molar-refractivity contribution in [1.82, 2.24) is 15.1 Å². The Balaban J connectivity index is 1.81. The Labute approximate surface area is 94.8 Å². The third-order valence-electron chi connectivity index (χ3n) is 2.79. The minimum atomic E-state index is 0.00822. The molecule has 1 saturated heterocycles. The highest BCUT2D eigenvalue weighted by Crippen LogP contribution is 2.04. The van der Waals surface area contributed by atoms with Gasteiger partial charge in [-0.15, -0.1) is 0 Å². The predicted octanol–water partition coefficient (Wildman–Crippen LogP) is 0.487. The number of Topliss-reactive ketones (excluding diaryl/α,β-unsaturated/α-hetero) is 1. The number of aromatic nitrogens is 2. The third-order valence-corrected chi connectivity index (χ3v) is 2.79. The summed E-state index contributed by atoms with van der Waals surface area (Å²) in [5, 5.41) is 6.86. The van der Waals surface area contributed by atoms with Crippen LogP contribution < -0.4 is 0 Å². The summed E-state index contributed by atoms with van der Waals surface area (Å²) < 4.78 is 5.28. The van der Waals surface area contributed by atoms with E-state index >= 15 is 0 Å². The smallest absolute Gasteiger partial charge is 0.179 e. The fourth-order valence-electron chi connectivity index (χ4n) is 1.77. The number of H-pyrrole nitrogens is 1. The molecule has 0 radical (unpaired) electrons. The van der Waals surface area contributed by atoms with Crippen molar-refractivity contribution in [3.05, 3.63) is 17.5 Å². The van der Waals surface area contributed by atoms with Gasteiger partial charge in [0.25, 0.3) is 0 Å². The molecule has 16 heavy (non-hydrogen) atoms. The number of nitrogens with zero attached hydrogens (tertiary/aromatic N) is 2. The molecular weight excluding hydrogens is 206 g/mol. The van der Waals surface area contributed by atoms with Gasteiger partial charge >= 0.3 is 0 Å². The zero-order valence-corrected chi connectivity index (χ0v) is 9.53. The van der Waals surface area contributed by atoms with Gasteiger partial charge in [-0.25, -0.2) is 0 Å². The minimum absolute atomic E-state index is 0.00822. The molecule has 0 unspecified atom stereocenters. The van der Waals surface area contributed by atoms with Crippen molar-refractivity contribution in [2.45, 2.75) is 13.3 Å². The lowest BCUT2D eigenvalue weighted by molar-refractivity contribution is 0.0383. The number of ketones is 1. The number of hydrogen-bond donors (Lipinski definition) is 1. The molecule has 2 heterocycles. The Morgan fingerprint density at radius 3 is 2.94 bits per heavy atom. The number of carbonyl (C=O) groups is 1. The van der Waals surface area contributed by atoms with Crippen molar-refractivity contribution in [3.8, 4) is 0 Å². The van der Waals surface area contributed by atoms with Gasteiger partial charge in [0.05, 0.1) is 13.2 Å². The lowest BCUT2D eigenvalue weighted by atomic mass is 10.2. The number of rotatable bonds is 4. The second-order valence-electron chi connectivity index (χ2n) is 4.04. The molecule has 0 aliphatic carbocycles. The Bertz CT molecular complexity index is 356. The maximum Gasteiger partial charge on any atom is 0.179 e. The second-order valence-corrected chi connectivity index (χ2v) is 4.04. The largest absolute Gasteiger partial charge is 0.379 e. The first-order valence-electron chi connectivity index (χ1n) is 5.61. The maximum absolute atomic E-state index is 11.1. The summed E-state index contributed by atoms with van der Waals surface area (Å²) in [5.74, 6) is 0.00822. The summed E-state index contributed by atoms with van der Waals surface area (Å²) in [6, 6.07) is 1.84. The van der Waals surface area contributed by atoms with Crippen LogP contribution in [-0.2, 0) is 11.2 Å². The summed E-state index contributed by atoms with van der Waals surface area (Å²) in [7, 11) is 0. The van der Waals surface area contributed by atoms with Gasteiger partial charge in [-0.3, -0.25) is 14.8 Å². The first-order chi connectivity index (χ1) is 7.75. The number of aromatic amines is 1. The highest BCUT2D eigenvalue weighted by atomic mass is 16.5. The van der Waals surface area contributed by atoms with Crippen molar-refractivity contribution >= 4 is 5.78 Å². The molecule has 2 rings (SSSR count). The summed E-state index contributed by atoms with van der Waals surface area (Å²) in [6.45, 7) is 6.15. The van der Waals surface area contributed by atoms with Gasteiger partial charge < -0.3 is 4.74 Å². The number of ether oxygens (including phenoxy) is 1. The fourth-order valence-corrected chi connectivity index (χ4v) is 1.77.